The highest BCUT2D eigenvalue weighted by Crippen LogP contribution is 2.43. The number of rotatable bonds is 6. The summed E-state index contributed by atoms with van der Waals surface area (Å²) in [5, 5.41) is 0. The average molecular weight is 293 g/mol. The summed E-state index contributed by atoms with van der Waals surface area (Å²) in [5.74, 6) is 6.17. The minimum Gasteiger partial charge on any atom is -0.0651 e. The molecule has 2 saturated carbocycles. The van der Waals surface area contributed by atoms with Gasteiger partial charge in [0.1, 0.15) is 0 Å². The van der Waals surface area contributed by atoms with Crippen LogP contribution in [-0.4, -0.2) is 0 Å². The summed E-state index contributed by atoms with van der Waals surface area (Å²) in [4.78, 5) is 0. The Balaban J connectivity index is 1.67. The molecule has 0 nitrogen and oxygen atoms in total. The third kappa shape index (κ3) is 5.29. The fourth-order valence-corrected chi connectivity index (χ4v) is 4.93. The Bertz CT molecular complexity index is 266. The molecular formula is C21H40. The summed E-state index contributed by atoms with van der Waals surface area (Å²) in [5.41, 5.74) is 0. The number of hydrogen-bond donors (Lipinski definition) is 0. The molecule has 0 saturated heterocycles. The zero-order chi connectivity index (χ0) is 15.2. The minimum absolute atomic E-state index is 0.938. The first-order chi connectivity index (χ1) is 10.1. The molecule has 124 valence electrons. The van der Waals surface area contributed by atoms with Gasteiger partial charge in [-0.25, -0.2) is 0 Å². The van der Waals surface area contributed by atoms with Gasteiger partial charge in [-0.2, -0.15) is 0 Å². The van der Waals surface area contributed by atoms with Gasteiger partial charge in [0.15, 0.2) is 0 Å². The van der Waals surface area contributed by atoms with Crippen molar-refractivity contribution in [1.29, 1.82) is 0 Å². The van der Waals surface area contributed by atoms with Gasteiger partial charge < -0.3 is 0 Å². The average Bonchev–Trinajstić information content (AvgIpc) is 2.53. The molecule has 0 aromatic rings. The summed E-state index contributed by atoms with van der Waals surface area (Å²) >= 11 is 0. The fraction of sp³-hybridized carbons (Fsp3) is 1.00. The van der Waals surface area contributed by atoms with E-state index in [0.29, 0.717) is 0 Å². The lowest BCUT2D eigenvalue weighted by Crippen LogP contribution is -2.27. The molecule has 0 aromatic carbocycles. The first-order valence-corrected chi connectivity index (χ1v) is 10.1. The van der Waals surface area contributed by atoms with Crippen molar-refractivity contribution in [2.75, 3.05) is 0 Å². The second-order valence-electron chi connectivity index (χ2n) is 8.76. The van der Waals surface area contributed by atoms with Gasteiger partial charge >= 0.3 is 0 Å². The van der Waals surface area contributed by atoms with Crippen LogP contribution in [0.1, 0.15) is 98.3 Å². The Morgan fingerprint density at radius 1 is 0.762 bits per heavy atom. The maximum atomic E-state index is 2.54. The van der Waals surface area contributed by atoms with E-state index in [1.54, 1.807) is 38.5 Å². The Labute approximate surface area is 134 Å². The van der Waals surface area contributed by atoms with Crippen LogP contribution in [0.4, 0.5) is 0 Å². The van der Waals surface area contributed by atoms with Crippen LogP contribution < -0.4 is 0 Å². The first-order valence-electron chi connectivity index (χ1n) is 10.1. The largest absolute Gasteiger partial charge is 0.0651 e. The van der Waals surface area contributed by atoms with Crippen LogP contribution in [0, 0.1) is 35.5 Å². The van der Waals surface area contributed by atoms with E-state index < -0.39 is 0 Å². The maximum Gasteiger partial charge on any atom is -0.0386 e. The lowest BCUT2D eigenvalue weighted by Gasteiger charge is -2.39. The van der Waals surface area contributed by atoms with Crippen LogP contribution in [0.2, 0.25) is 0 Å². The van der Waals surface area contributed by atoms with Crippen LogP contribution >= 0.6 is 0 Å². The SMILES string of the molecule is CCC(C)CCC(C)C1CCC(C2CCC(C)CC2)CC1. The summed E-state index contributed by atoms with van der Waals surface area (Å²) in [7, 11) is 0. The van der Waals surface area contributed by atoms with Gasteiger partial charge in [0.05, 0.1) is 0 Å². The highest BCUT2D eigenvalue weighted by molar-refractivity contribution is 4.82. The third-order valence-electron chi connectivity index (χ3n) is 7.16. The molecule has 0 amide bonds. The third-order valence-corrected chi connectivity index (χ3v) is 7.16. The lowest BCUT2D eigenvalue weighted by atomic mass is 9.67. The van der Waals surface area contributed by atoms with Gasteiger partial charge in [-0.1, -0.05) is 59.8 Å². The fourth-order valence-electron chi connectivity index (χ4n) is 4.93. The van der Waals surface area contributed by atoms with E-state index in [0.717, 1.165) is 35.5 Å². The van der Waals surface area contributed by atoms with E-state index >= 15 is 0 Å². The molecule has 0 aliphatic heterocycles. The van der Waals surface area contributed by atoms with Crippen molar-refractivity contribution in [3.05, 3.63) is 0 Å². The maximum absolute atomic E-state index is 2.54. The van der Waals surface area contributed by atoms with E-state index in [1.807, 2.05) is 0 Å². The first kappa shape index (κ1) is 17.4. The van der Waals surface area contributed by atoms with Gasteiger partial charge in [-0.15, -0.1) is 0 Å². The van der Waals surface area contributed by atoms with E-state index in [4.69, 9.17) is 0 Å². The van der Waals surface area contributed by atoms with Crippen molar-refractivity contribution >= 4 is 0 Å². The molecule has 0 radical (unpaired) electrons. The van der Waals surface area contributed by atoms with Crippen molar-refractivity contribution in [3.63, 3.8) is 0 Å². The molecule has 0 bridgehead atoms. The molecule has 2 fully saturated rings. The molecule has 2 atom stereocenters. The van der Waals surface area contributed by atoms with Crippen LogP contribution in [-0.2, 0) is 0 Å². The van der Waals surface area contributed by atoms with Crippen LogP contribution in [0.3, 0.4) is 0 Å². The predicted molar refractivity (Wildman–Crippen MR) is 94.4 cm³/mol. The van der Waals surface area contributed by atoms with Gasteiger partial charge in [-0.05, 0) is 74.0 Å². The zero-order valence-corrected chi connectivity index (χ0v) is 15.2. The zero-order valence-electron chi connectivity index (χ0n) is 15.2. The van der Waals surface area contributed by atoms with Crippen molar-refractivity contribution in [2.24, 2.45) is 35.5 Å². The van der Waals surface area contributed by atoms with E-state index in [1.165, 1.54) is 32.1 Å². The van der Waals surface area contributed by atoms with E-state index in [-0.39, 0.29) is 0 Å². The quantitative estimate of drug-likeness (QED) is 0.490. The molecule has 2 rings (SSSR count). The Morgan fingerprint density at radius 3 is 1.81 bits per heavy atom. The second-order valence-corrected chi connectivity index (χ2v) is 8.76. The minimum atomic E-state index is 0.938. The van der Waals surface area contributed by atoms with Crippen LogP contribution in [0.25, 0.3) is 0 Å². The summed E-state index contributed by atoms with van der Waals surface area (Å²) < 4.78 is 0. The van der Waals surface area contributed by atoms with Crippen molar-refractivity contribution in [1.82, 2.24) is 0 Å². The highest BCUT2D eigenvalue weighted by Gasteiger charge is 2.31. The van der Waals surface area contributed by atoms with Gasteiger partial charge in [-0.3, -0.25) is 0 Å². The van der Waals surface area contributed by atoms with Crippen molar-refractivity contribution < 1.29 is 0 Å². The molecule has 2 aliphatic carbocycles. The van der Waals surface area contributed by atoms with E-state index in [2.05, 4.69) is 27.7 Å². The van der Waals surface area contributed by atoms with Gasteiger partial charge in [0.2, 0.25) is 0 Å². The molecule has 0 aromatic heterocycles. The predicted octanol–water partition coefficient (Wildman–Crippen LogP) is 7.08. The Morgan fingerprint density at radius 2 is 1.29 bits per heavy atom. The summed E-state index contributed by atoms with van der Waals surface area (Å²) in [6, 6.07) is 0. The highest BCUT2D eigenvalue weighted by atomic mass is 14.4. The smallest absolute Gasteiger partial charge is 0.0386 e. The summed E-state index contributed by atoms with van der Waals surface area (Å²) in [6.07, 6.45) is 16.6. The molecule has 21 heavy (non-hydrogen) atoms. The lowest BCUT2D eigenvalue weighted by molar-refractivity contribution is 0.127. The Hall–Kier alpha value is 0. The topological polar surface area (TPSA) is 0 Å². The second kappa shape index (κ2) is 8.59. The monoisotopic (exact) mass is 292 g/mol. The van der Waals surface area contributed by atoms with Gasteiger partial charge in [0, 0.05) is 0 Å². The van der Waals surface area contributed by atoms with Crippen molar-refractivity contribution in [2.45, 2.75) is 98.3 Å². The number of hydrogen-bond acceptors (Lipinski definition) is 0. The van der Waals surface area contributed by atoms with Crippen molar-refractivity contribution in [3.8, 4) is 0 Å². The molecule has 2 unspecified atom stereocenters. The normalized spacial score (nSPS) is 37.1. The molecule has 0 N–H and O–H groups in total. The van der Waals surface area contributed by atoms with Crippen LogP contribution in [0.5, 0.6) is 0 Å². The molecule has 0 spiro atoms. The molecule has 0 heteroatoms. The standard InChI is InChI=1S/C21H40/c1-5-16(2)6-9-18(4)19-12-14-21(15-13-19)20-10-7-17(3)8-11-20/h16-21H,5-15H2,1-4H3. The van der Waals surface area contributed by atoms with Gasteiger partial charge in [0.25, 0.3) is 0 Å². The Kier molecular flexibility index (Phi) is 7.10. The van der Waals surface area contributed by atoms with Crippen LogP contribution in [0.15, 0.2) is 0 Å². The molecule has 2 aliphatic rings. The molecule has 0 heterocycles. The van der Waals surface area contributed by atoms with E-state index in [9.17, 15) is 0 Å². The summed E-state index contributed by atoms with van der Waals surface area (Å²) in [6.45, 7) is 9.75. The molecular weight excluding hydrogens is 252 g/mol.